The summed E-state index contributed by atoms with van der Waals surface area (Å²) in [7, 11) is -3.54. The van der Waals surface area contributed by atoms with Crippen molar-refractivity contribution in [2.45, 2.75) is 36.6 Å². The molecule has 0 atom stereocenters. The van der Waals surface area contributed by atoms with Crippen LogP contribution in [0, 0.1) is 5.92 Å². The van der Waals surface area contributed by atoms with Crippen LogP contribution in [0.4, 0.5) is 0 Å². The summed E-state index contributed by atoms with van der Waals surface area (Å²) in [5.41, 5.74) is 0.954. The molecule has 0 bridgehead atoms. The van der Waals surface area contributed by atoms with E-state index in [2.05, 4.69) is 4.72 Å². The molecule has 1 aliphatic heterocycles. The second-order valence-electron chi connectivity index (χ2n) is 7.98. The largest absolute Gasteiger partial charge is 0.339 e. The highest BCUT2D eigenvalue weighted by molar-refractivity contribution is 7.89. The zero-order valence-corrected chi connectivity index (χ0v) is 19.0. The van der Waals surface area contributed by atoms with Gasteiger partial charge in [-0.1, -0.05) is 23.2 Å². The molecular formula is C22H22Cl2N2O4S. The second kappa shape index (κ2) is 8.90. The van der Waals surface area contributed by atoms with Gasteiger partial charge in [0, 0.05) is 36.2 Å². The van der Waals surface area contributed by atoms with Crippen LogP contribution in [0.25, 0.3) is 0 Å². The minimum Gasteiger partial charge on any atom is -0.339 e. The molecule has 2 aliphatic rings. The number of carbonyl (C=O) groups excluding carboxylic acids is 2. The number of benzene rings is 2. The van der Waals surface area contributed by atoms with Crippen LogP contribution in [0.2, 0.25) is 10.0 Å². The average molecular weight is 481 g/mol. The molecule has 6 nitrogen and oxygen atoms in total. The van der Waals surface area contributed by atoms with E-state index in [-0.39, 0.29) is 28.5 Å². The van der Waals surface area contributed by atoms with Gasteiger partial charge in [0.2, 0.25) is 10.0 Å². The SMILES string of the molecule is O=C(c1ccc(Cl)c(Cl)c1)C1CCN(C(=O)c2ccc(S(=O)(=O)NC3CC3)cc2)CC1. The third kappa shape index (κ3) is 5.12. The van der Waals surface area contributed by atoms with Gasteiger partial charge in [-0.2, -0.15) is 0 Å². The molecule has 0 spiro atoms. The Labute approximate surface area is 191 Å². The van der Waals surface area contributed by atoms with E-state index in [1.807, 2.05) is 0 Å². The molecule has 0 radical (unpaired) electrons. The number of halogens is 2. The highest BCUT2D eigenvalue weighted by atomic mass is 35.5. The molecule has 164 valence electrons. The number of nitrogens with zero attached hydrogens (tertiary/aromatic N) is 1. The van der Waals surface area contributed by atoms with Crippen LogP contribution in [0.15, 0.2) is 47.4 Å². The van der Waals surface area contributed by atoms with Gasteiger partial charge in [0.15, 0.2) is 5.78 Å². The van der Waals surface area contributed by atoms with Gasteiger partial charge in [0.1, 0.15) is 0 Å². The van der Waals surface area contributed by atoms with Gasteiger partial charge in [-0.25, -0.2) is 13.1 Å². The predicted molar refractivity (Wildman–Crippen MR) is 119 cm³/mol. The van der Waals surface area contributed by atoms with Crippen molar-refractivity contribution in [2.75, 3.05) is 13.1 Å². The van der Waals surface area contributed by atoms with E-state index in [9.17, 15) is 18.0 Å². The Bertz CT molecular complexity index is 1110. The van der Waals surface area contributed by atoms with E-state index in [0.717, 1.165) is 12.8 Å². The Morgan fingerprint density at radius 1 is 0.871 bits per heavy atom. The predicted octanol–water partition coefficient (Wildman–Crippen LogP) is 4.17. The molecule has 1 saturated heterocycles. The Hall–Kier alpha value is -1.93. The van der Waals surface area contributed by atoms with Crippen molar-refractivity contribution in [2.24, 2.45) is 5.92 Å². The molecule has 2 aromatic rings. The topological polar surface area (TPSA) is 83.6 Å². The molecule has 31 heavy (non-hydrogen) atoms. The van der Waals surface area contributed by atoms with Gasteiger partial charge in [-0.05, 0) is 68.1 Å². The number of rotatable bonds is 6. The quantitative estimate of drug-likeness (QED) is 0.628. The molecule has 4 rings (SSSR count). The van der Waals surface area contributed by atoms with E-state index >= 15 is 0 Å². The summed E-state index contributed by atoms with van der Waals surface area (Å²) in [6.45, 7) is 0.916. The zero-order chi connectivity index (χ0) is 22.2. The second-order valence-corrected chi connectivity index (χ2v) is 10.5. The first-order valence-electron chi connectivity index (χ1n) is 10.2. The normalized spacial score (nSPS) is 17.5. The highest BCUT2D eigenvalue weighted by Gasteiger charge is 2.30. The van der Waals surface area contributed by atoms with Crippen LogP contribution in [-0.2, 0) is 10.0 Å². The van der Waals surface area contributed by atoms with Crippen LogP contribution in [0.1, 0.15) is 46.4 Å². The number of Topliss-reactive ketones (excluding diaryl/α,β-unsaturated/α-hetero) is 1. The molecule has 2 fully saturated rings. The van der Waals surface area contributed by atoms with Gasteiger partial charge < -0.3 is 4.90 Å². The number of ketones is 1. The fraction of sp³-hybridized carbons (Fsp3) is 0.364. The number of carbonyl (C=O) groups is 2. The summed E-state index contributed by atoms with van der Waals surface area (Å²) in [6, 6.07) is 10.9. The van der Waals surface area contributed by atoms with Crippen molar-refractivity contribution < 1.29 is 18.0 Å². The maximum absolute atomic E-state index is 12.8. The molecule has 1 N–H and O–H groups in total. The number of piperidine rings is 1. The smallest absolute Gasteiger partial charge is 0.253 e. The van der Waals surface area contributed by atoms with Crippen LogP contribution < -0.4 is 4.72 Å². The molecule has 9 heteroatoms. The first kappa shape index (κ1) is 22.3. The third-order valence-electron chi connectivity index (χ3n) is 5.67. The summed E-state index contributed by atoms with van der Waals surface area (Å²) >= 11 is 11.9. The Kier molecular flexibility index (Phi) is 6.40. The number of hydrogen-bond donors (Lipinski definition) is 1. The lowest BCUT2D eigenvalue weighted by molar-refractivity contribution is 0.0650. The van der Waals surface area contributed by atoms with Crippen molar-refractivity contribution in [1.29, 1.82) is 0 Å². The van der Waals surface area contributed by atoms with E-state index in [0.29, 0.717) is 47.1 Å². The molecule has 0 aromatic heterocycles. The molecule has 2 aromatic carbocycles. The van der Waals surface area contributed by atoms with Crippen LogP contribution in [0.3, 0.4) is 0 Å². The zero-order valence-electron chi connectivity index (χ0n) is 16.7. The summed E-state index contributed by atoms with van der Waals surface area (Å²) in [5, 5.41) is 0.749. The maximum Gasteiger partial charge on any atom is 0.253 e. The fourth-order valence-electron chi connectivity index (χ4n) is 3.68. The van der Waals surface area contributed by atoms with Crippen molar-refractivity contribution in [3.63, 3.8) is 0 Å². The molecule has 0 unspecified atom stereocenters. The highest BCUT2D eigenvalue weighted by Crippen LogP contribution is 2.28. The number of likely N-dealkylation sites (tertiary alicyclic amines) is 1. The van der Waals surface area contributed by atoms with Gasteiger partial charge in [0.05, 0.1) is 14.9 Å². The van der Waals surface area contributed by atoms with Gasteiger partial charge in [0.25, 0.3) is 5.91 Å². The lowest BCUT2D eigenvalue weighted by Crippen LogP contribution is -2.40. The van der Waals surface area contributed by atoms with Gasteiger partial charge >= 0.3 is 0 Å². The van der Waals surface area contributed by atoms with Crippen LogP contribution >= 0.6 is 23.2 Å². The number of sulfonamides is 1. The summed E-state index contributed by atoms with van der Waals surface area (Å²) in [4.78, 5) is 27.4. The molecule has 1 saturated carbocycles. The Balaban J connectivity index is 1.36. The Morgan fingerprint density at radius 3 is 2.06 bits per heavy atom. The molecule has 1 heterocycles. The lowest BCUT2D eigenvalue weighted by atomic mass is 9.88. The average Bonchev–Trinajstić information content (AvgIpc) is 3.58. The van der Waals surface area contributed by atoms with E-state index < -0.39 is 10.0 Å². The minimum absolute atomic E-state index is 0.00314. The molecule has 1 amide bonds. The van der Waals surface area contributed by atoms with Crippen molar-refractivity contribution in [1.82, 2.24) is 9.62 Å². The van der Waals surface area contributed by atoms with Crippen molar-refractivity contribution in [3.8, 4) is 0 Å². The first-order chi connectivity index (χ1) is 14.7. The van der Waals surface area contributed by atoms with E-state index in [1.54, 1.807) is 23.1 Å². The third-order valence-corrected chi connectivity index (χ3v) is 7.94. The van der Waals surface area contributed by atoms with Crippen LogP contribution in [-0.4, -0.2) is 44.1 Å². The molecular weight excluding hydrogens is 459 g/mol. The van der Waals surface area contributed by atoms with E-state index in [1.165, 1.54) is 24.3 Å². The van der Waals surface area contributed by atoms with Crippen molar-refractivity contribution in [3.05, 3.63) is 63.6 Å². The summed E-state index contributed by atoms with van der Waals surface area (Å²) < 4.78 is 27.2. The Morgan fingerprint density at radius 2 is 1.48 bits per heavy atom. The monoisotopic (exact) mass is 480 g/mol. The fourth-order valence-corrected chi connectivity index (χ4v) is 5.28. The molecule has 1 aliphatic carbocycles. The summed E-state index contributed by atoms with van der Waals surface area (Å²) in [6.07, 6.45) is 2.84. The van der Waals surface area contributed by atoms with Crippen LogP contribution in [0.5, 0.6) is 0 Å². The number of nitrogens with one attached hydrogen (secondary N) is 1. The van der Waals surface area contributed by atoms with Gasteiger partial charge in [-0.15, -0.1) is 0 Å². The standard InChI is InChI=1S/C22H22Cl2N2O4S/c23-19-8-3-16(13-20(19)24)21(27)14-9-11-26(12-10-14)22(28)15-1-6-18(7-2-15)31(29,30)25-17-4-5-17/h1-3,6-8,13-14,17,25H,4-5,9-12H2. The van der Waals surface area contributed by atoms with Crippen molar-refractivity contribution >= 4 is 44.9 Å². The number of hydrogen-bond acceptors (Lipinski definition) is 4. The summed E-state index contributed by atoms with van der Waals surface area (Å²) in [5.74, 6) is -0.342. The minimum atomic E-state index is -3.54. The number of amides is 1. The maximum atomic E-state index is 12.8. The first-order valence-corrected chi connectivity index (χ1v) is 12.4. The van der Waals surface area contributed by atoms with E-state index in [4.69, 9.17) is 23.2 Å². The lowest BCUT2D eigenvalue weighted by Gasteiger charge is -2.31. The van der Waals surface area contributed by atoms with Gasteiger partial charge in [-0.3, -0.25) is 9.59 Å².